The molecule has 18 heavy (non-hydrogen) atoms. The van der Waals surface area contributed by atoms with Gasteiger partial charge in [-0.05, 0) is 42.7 Å². The molecule has 2 nitrogen and oxygen atoms in total. The summed E-state index contributed by atoms with van der Waals surface area (Å²) < 4.78 is 13.2. The Morgan fingerprint density at radius 2 is 1.89 bits per heavy atom. The molecule has 0 spiro atoms. The van der Waals surface area contributed by atoms with E-state index in [1.165, 1.54) is 6.07 Å². The summed E-state index contributed by atoms with van der Waals surface area (Å²) in [6.07, 6.45) is 0. The van der Waals surface area contributed by atoms with E-state index >= 15 is 0 Å². The SMILES string of the molecule is Cc1cc(-c2nc(Cl)cc(C(C)C)n2)ccc1F. The molecule has 0 atom stereocenters. The van der Waals surface area contributed by atoms with E-state index in [4.69, 9.17) is 11.6 Å². The molecule has 1 aromatic carbocycles. The van der Waals surface area contributed by atoms with Gasteiger partial charge in [0.25, 0.3) is 0 Å². The van der Waals surface area contributed by atoms with E-state index < -0.39 is 0 Å². The highest BCUT2D eigenvalue weighted by atomic mass is 35.5. The van der Waals surface area contributed by atoms with Gasteiger partial charge >= 0.3 is 0 Å². The molecular formula is C14H14ClFN2. The van der Waals surface area contributed by atoms with E-state index in [1.807, 2.05) is 13.8 Å². The van der Waals surface area contributed by atoms with Crippen LogP contribution < -0.4 is 0 Å². The quantitative estimate of drug-likeness (QED) is 0.753. The van der Waals surface area contributed by atoms with Crippen molar-refractivity contribution >= 4 is 11.6 Å². The average Bonchev–Trinajstić information content (AvgIpc) is 2.31. The van der Waals surface area contributed by atoms with Gasteiger partial charge in [-0.15, -0.1) is 0 Å². The predicted octanol–water partition coefficient (Wildman–Crippen LogP) is 4.37. The predicted molar refractivity (Wildman–Crippen MR) is 71.3 cm³/mol. The largest absolute Gasteiger partial charge is 0.233 e. The lowest BCUT2D eigenvalue weighted by molar-refractivity contribution is 0.618. The number of benzene rings is 1. The molecule has 0 aliphatic rings. The molecule has 0 bridgehead atoms. The third-order valence-corrected chi connectivity index (χ3v) is 2.92. The number of aryl methyl sites for hydroxylation is 1. The minimum atomic E-state index is -0.232. The fraction of sp³-hybridized carbons (Fsp3) is 0.286. The molecule has 0 aliphatic carbocycles. The van der Waals surface area contributed by atoms with Gasteiger partial charge < -0.3 is 0 Å². The summed E-state index contributed by atoms with van der Waals surface area (Å²) in [5.74, 6) is 0.574. The Morgan fingerprint density at radius 1 is 1.17 bits per heavy atom. The molecule has 1 aromatic heterocycles. The highest BCUT2D eigenvalue weighted by Gasteiger charge is 2.09. The molecule has 0 amide bonds. The molecule has 94 valence electrons. The van der Waals surface area contributed by atoms with E-state index in [9.17, 15) is 4.39 Å². The van der Waals surface area contributed by atoms with Crippen molar-refractivity contribution in [2.45, 2.75) is 26.7 Å². The van der Waals surface area contributed by atoms with Crippen LogP contribution in [0.25, 0.3) is 11.4 Å². The molecule has 0 saturated heterocycles. The first-order chi connectivity index (χ1) is 8.47. The summed E-state index contributed by atoms with van der Waals surface area (Å²) in [6, 6.07) is 6.57. The fourth-order valence-electron chi connectivity index (χ4n) is 1.64. The number of aromatic nitrogens is 2. The van der Waals surface area contributed by atoms with Crippen molar-refractivity contribution in [1.29, 1.82) is 0 Å². The summed E-state index contributed by atoms with van der Waals surface area (Å²) in [7, 11) is 0. The van der Waals surface area contributed by atoms with Crippen molar-refractivity contribution in [1.82, 2.24) is 9.97 Å². The summed E-state index contributed by atoms with van der Waals surface area (Å²) in [6.45, 7) is 5.80. The lowest BCUT2D eigenvalue weighted by Crippen LogP contribution is -1.98. The topological polar surface area (TPSA) is 25.8 Å². The summed E-state index contributed by atoms with van der Waals surface area (Å²) in [5.41, 5.74) is 2.23. The molecule has 0 N–H and O–H groups in total. The normalized spacial score (nSPS) is 11.0. The van der Waals surface area contributed by atoms with E-state index in [-0.39, 0.29) is 11.7 Å². The molecule has 2 rings (SSSR count). The van der Waals surface area contributed by atoms with Crippen LogP contribution in [0.3, 0.4) is 0 Å². The van der Waals surface area contributed by atoms with Crippen LogP contribution >= 0.6 is 11.6 Å². The molecular weight excluding hydrogens is 251 g/mol. The number of hydrogen-bond acceptors (Lipinski definition) is 2. The zero-order chi connectivity index (χ0) is 13.3. The number of hydrogen-bond donors (Lipinski definition) is 0. The number of rotatable bonds is 2. The van der Waals surface area contributed by atoms with E-state index in [2.05, 4.69) is 9.97 Å². The number of nitrogens with zero attached hydrogens (tertiary/aromatic N) is 2. The minimum absolute atomic E-state index is 0.232. The van der Waals surface area contributed by atoms with E-state index in [0.29, 0.717) is 16.5 Å². The fourth-order valence-corrected chi connectivity index (χ4v) is 1.84. The van der Waals surface area contributed by atoms with Crippen molar-refractivity contribution in [2.24, 2.45) is 0 Å². The van der Waals surface area contributed by atoms with Crippen molar-refractivity contribution in [2.75, 3.05) is 0 Å². The maximum Gasteiger partial charge on any atom is 0.161 e. The van der Waals surface area contributed by atoms with E-state index in [1.54, 1.807) is 25.1 Å². The van der Waals surface area contributed by atoms with Crippen molar-refractivity contribution in [3.05, 3.63) is 46.5 Å². The van der Waals surface area contributed by atoms with Gasteiger partial charge in [0.1, 0.15) is 11.0 Å². The zero-order valence-electron chi connectivity index (χ0n) is 10.5. The van der Waals surface area contributed by atoms with Crippen LogP contribution in [0.5, 0.6) is 0 Å². The second-order valence-electron chi connectivity index (χ2n) is 4.56. The van der Waals surface area contributed by atoms with Crippen LogP contribution in [0, 0.1) is 12.7 Å². The van der Waals surface area contributed by atoms with Crippen LogP contribution in [0.1, 0.15) is 31.0 Å². The van der Waals surface area contributed by atoms with Crippen LogP contribution in [-0.4, -0.2) is 9.97 Å². The average molecular weight is 265 g/mol. The molecule has 0 aliphatic heterocycles. The smallest absolute Gasteiger partial charge is 0.161 e. The van der Waals surface area contributed by atoms with Crippen LogP contribution in [0.15, 0.2) is 24.3 Å². The lowest BCUT2D eigenvalue weighted by atomic mass is 10.1. The molecule has 1 heterocycles. The van der Waals surface area contributed by atoms with Crippen molar-refractivity contribution in [3.63, 3.8) is 0 Å². The summed E-state index contributed by atoms with van der Waals surface area (Å²) in [4.78, 5) is 8.65. The molecule has 4 heteroatoms. The Hall–Kier alpha value is -1.48. The maximum absolute atomic E-state index is 13.2. The maximum atomic E-state index is 13.2. The molecule has 2 aromatic rings. The van der Waals surface area contributed by atoms with Crippen LogP contribution in [0.4, 0.5) is 4.39 Å². The Labute approximate surface area is 111 Å². The standard InChI is InChI=1S/C14H14ClFN2/c1-8(2)12-7-13(15)18-14(17-12)10-4-5-11(16)9(3)6-10/h4-8H,1-3H3. The van der Waals surface area contributed by atoms with Gasteiger partial charge in [-0.1, -0.05) is 25.4 Å². The molecule has 0 unspecified atom stereocenters. The molecule has 0 fully saturated rings. The Morgan fingerprint density at radius 3 is 2.50 bits per heavy atom. The van der Waals surface area contributed by atoms with E-state index in [0.717, 1.165) is 11.3 Å². The van der Waals surface area contributed by atoms with Crippen molar-refractivity contribution < 1.29 is 4.39 Å². The van der Waals surface area contributed by atoms with Gasteiger partial charge in [0, 0.05) is 11.3 Å². The monoisotopic (exact) mass is 264 g/mol. The van der Waals surface area contributed by atoms with Gasteiger partial charge in [0.2, 0.25) is 0 Å². The van der Waals surface area contributed by atoms with Gasteiger partial charge in [0.15, 0.2) is 5.82 Å². The summed E-state index contributed by atoms with van der Waals surface area (Å²) >= 11 is 5.99. The Kier molecular flexibility index (Phi) is 3.62. The van der Waals surface area contributed by atoms with Gasteiger partial charge in [-0.25, -0.2) is 14.4 Å². The Bertz CT molecular complexity index is 582. The van der Waals surface area contributed by atoms with Crippen LogP contribution in [-0.2, 0) is 0 Å². The second-order valence-corrected chi connectivity index (χ2v) is 4.95. The number of halogens is 2. The van der Waals surface area contributed by atoms with Crippen LogP contribution in [0.2, 0.25) is 5.15 Å². The zero-order valence-corrected chi connectivity index (χ0v) is 11.3. The van der Waals surface area contributed by atoms with Gasteiger partial charge in [-0.3, -0.25) is 0 Å². The minimum Gasteiger partial charge on any atom is -0.233 e. The molecule has 0 radical (unpaired) electrons. The lowest BCUT2D eigenvalue weighted by Gasteiger charge is -2.08. The molecule has 0 saturated carbocycles. The first-order valence-corrected chi connectivity index (χ1v) is 6.16. The summed E-state index contributed by atoms with van der Waals surface area (Å²) in [5, 5.41) is 0.408. The second kappa shape index (κ2) is 5.02. The third-order valence-electron chi connectivity index (χ3n) is 2.72. The first-order valence-electron chi connectivity index (χ1n) is 5.78. The Balaban J connectivity index is 2.53. The van der Waals surface area contributed by atoms with Gasteiger partial charge in [0.05, 0.1) is 0 Å². The first kappa shape index (κ1) is 13.0. The highest BCUT2D eigenvalue weighted by Crippen LogP contribution is 2.23. The van der Waals surface area contributed by atoms with Gasteiger partial charge in [-0.2, -0.15) is 0 Å². The highest BCUT2D eigenvalue weighted by molar-refractivity contribution is 6.29. The third kappa shape index (κ3) is 2.67. The van der Waals surface area contributed by atoms with Crippen molar-refractivity contribution in [3.8, 4) is 11.4 Å².